The number of aliphatic hydroxyl groups is 1. The van der Waals surface area contributed by atoms with Crippen LogP contribution in [0, 0.1) is 0 Å². The van der Waals surface area contributed by atoms with Crippen molar-refractivity contribution in [1.82, 2.24) is 4.90 Å². The Labute approximate surface area is 186 Å². The fourth-order valence-electron chi connectivity index (χ4n) is 3.62. The van der Waals surface area contributed by atoms with Crippen molar-refractivity contribution < 1.29 is 33.7 Å². The Bertz CT molecular complexity index is 1040. The molecule has 1 unspecified atom stereocenters. The minimum absolute atomic E-state index is 0.0365. The number of methoxy groups -OCH3 is 2. The summed E-state index contributed by atoms with van der Waals surface area (Å²) in [5.41, 5.74) is 1.22. The summed E-state index contributed by atoms with van der Waals surface area (Å²) in [5, 5.41) is 11.1. The first-order chi connectivity index (χ1) is 15.4. The van der Waals surface area contributed by atoms with Gasteiger partial charge in [0, 0.05) is 19.2 Å². The average Bonchev–Trinajstić information content (AvgIpc) is 3.07. The predicted octanol–water partition coefficient (Wildman–Crippen LogP) is 2.94. The number of Topliss-reactive ketones (excluding diaryl/α,β-unsaturated/α-hetero) is 1. The van der Waals surface area contributed by atoms with E-state index in [0.29, 0.717) is 29.0 Å². The van der Waals surface area contributed by atoms with E-state index < -0.39 is 23.7 Å². The van der Waals surface area contributed by atoms with Gasteiger partial charge < -0.3 is 24.2 Å². The zero-order valence-electron chi connectivity index (χ0n) is 18.2. The Morgan fingerprint density at radius 1 is 1.06 bits per heavy atom. The minimum atomic E-state index is -0.840. The van der Waals surface area contributed by atoms with Gasteiger partial charge in [0.05, 0.1) is 37.5 Å². The highest BCUT2D eigenvalue weighted by Crippen LogP contribution is 2.39. The van der Waals surface area contributed by atoms with Gasteiger partial charge in [0.25, 0.3) is 11.7 Å². The molecule has 1 N–H and O–H groups in total. The molecule has 0 saturated carbocycles. The van der Waals surface area contributed by atoms with Gasteiger partial charge in [-0.2, -0.15) is 0 Å². The maximum Gasteiger partial charge on any atom is 0.337 e. The summed E-state index contributed by atoms with van der Waals surface area (Å²) in [4.78, 5) is 38.9. The molecule has 0 aromatic heterocycles. The van der Waals surface area contributed by atoms with Crippen molar-refractivity contribution in [2.24, 2.45) is 0 Å². The molecule has 0 spiro atoms. The molecule has 1 aliphatic rings. The van der Waals surface area contributed by atoms with Crippen LogP contribution in [0.5, 0.6) is 5.75 Å². The molecule has 8 nitrogen and oxygen atoms in total. The van der Waals surface area contributed by atoms with E-state index in [-0.39, 0.29) is 24.5 Å². The van der Waals surface area contributed by atoms with Gasteiger partial charge in [-0.3, -0.25) is 9.59 Å². The number of aliphatic hydroxyl groups excluding tert-OH is 1. The van der Waals surface area contributed by atoms with Crippen molar-refractivity contribution in [3.05, 3.63) is 70.8 Å². The highest BCUT2D eigenvalue weighted by atomic mass is 16.5. The Hall–Kier alpha value is -3.65. The summed E-state index contributed by atoms with van der Waals surface area (Å²) in [6, 6.07) is 12.2. The number of carbonyl (C=O) groups is 3. The lowest BCUT2D eigenvalue weighted by molar-refractivity contribution is -0.140. The van der Waals surface area contributed by atoms with Crippen molar-refractivity contribution >= 4 is 23.4 Å². The molecule has 1 fully saturated rings. The second-order valence-corrected chi connectivity index (χ2v) is 7.06. The van der Waals surface area contributed by atoms with E-state index >= 15 is 0 Å². The van der Waals surface area contributed by atoms with Gasteiger partial charge in [-0.1, -0.05) is 24.3 Å². The minimum Gasteiger partial charge on any atom is -0.507 e. The largest absolute Gasteiger partial charge is 0.507 e. The molecular formula is C24H25NO7. The molecule has 168 valence electrons. The van der Waals surface area contributed by atoms with Gasteiger partial charge in [0.15, 0.2) is 0 Å². The van der Waals surface area contributed by atoms with Crippen LogP contribution < -0.4 is 4.74 Å². The smallest absolute Gasteiger partial charge is 0.337 e. The summed E-state index contributed by atoms with van der Waals surface area (Å²) in [7, 11) is 2.78. The number of hydrogen-bond donors (Lipinski definition) is 1. The Kier molecular flexibility index (Phi) is 7.27. The zero-order valence-corrected chi connectivity index (χ0v) is 18.2. The van der Waals surface area contributed by atoms with Crippen LogP contribution in [0.4, 0.5) is 0 Å². The molecule has 8 heteroatoms. The van der Waals surface area contributed by atoms with E-state index in [1.807, 2.05) is 6.92 Å². The molecule has 1 amide bonds. The zero-order chi connectivity index (χ0) is 23.3. The lowest BCUT2D eigenvalue weighted by atomic mass is 9.94. The molecule has 1 saturated heterocycles. The summed E-state index contributed by atoms with van der Waals surface area (Å²) < 4.78 is 15.3. The third-order valence-corrected chi connectivity index (χ3v) is 5.14. The summed E-state index contributed by atoms with van der Waals surface area (Å²) in [5.74, 6) is -1.79. The van der Waals surface area contributed by atoms with Crippen LogP contribution in [-0.2, 0) is 19.1 Å². The second kappa shape index (κ2) is 10.1. The first kappa shape index (κ1) is 23.0. The van der Waals surface area contributed by atoms with Gasteiger partial charge in [-0.15, -0.1) is 0 Å². The molecule has 0 bridgehead atoms. The van der Waals surface area contributed by atoms with Crippen LogP contribution in [0.15, 0.2) is 54.1 Å². The van der Waals surface area contributed by atoms with Gasteiger partial charge in [-0.05, 0) is 36.8 Å². The standard InChI is InChI=1S/C24H25NO7/c1-4-32-18-7-5-6-17(14-18)21(26)19-20(25(12-13-30-2)23(28)22(19)27)15-8-10-16(11-9-15)24(29)31-3/h5-11,14,20,26H,4,12-13H2,1-3H3. The Morgan fingerprint density at radius 3 is 2.41 bits per heavy atom. The van der Waals surface area contributed by atoms with Gasteiger partial charge in [-0.25, -0.2) is 4.79 Å². The van der Waals surface area contributed by atoms with Crippen LogP contribution in [0.2, 0.25) is 0 Å². The molecular weight excluding hydrogens is 414 g/mol. The maximum atomic E-state index is 13.0. The van der Waals surface area contributed by atoms with Crippen LogP contribution in [0.1, 0.15) is 34.5 Å². The number of benzene rings is 2. The highest BCUT2D eigenvalue weighted by molar-refractivity contribution is 6.46. The van der Waals surface area contributed by atoms with Gasteiger partial charge in [0.2, 0.25) is 0 Å². The van der Waals surface area contributed by atoms with Gasteiger partial charge >= 0.3 is 5.97 Å². The van der Waals surface area contributed by atoms with E-state index in [1.165, 1.54) is 19.1 Å². The van der Waals surface area contributed by atoms with Crippen LogP contribution in [0.3, 0.4) is 0 Å². The van der Waals surface area contributed by atoms with E-state index in [4.69, 9.17) is 14.2 Å². The fourth-order valence-corrected chi connectivity index (χ4v) is 3.62. The number of carbonyl (C=O) groups excluding carboxylic acids is 3. The molecule has 1 aliphatic heterocycles. The number of nitrogens with zero attached hydrogens (tertiary/aromatic N) is 1. The van der Waals surface area contributed by atoms with Crippen molar-refractivity contribution in [2.75, 3.05) is 34.0 Å². The quantitative estimate of drug-likeness (QED) is 0.292. The van der Waals surface area contributed by atoms with Crippen molar-refractivity contribution in [1.29, 1.82) is 0 Å². The first-order valence-electron chi connectivity index (χ1n) is 10.1. The summed E-state index contributed by atoms with van der Waals surface area (Å²) in [6.07, 6.45) is 0. The molecule has 3 rings (SSSR count). The molecule has 0 aliphatic carbocycles. The Morgan fingerprint density at radius 2 is 1.78 bits per heavy atom. The third kappa shape index (κ3) is 4.50. The molecule has 0 radical (unpaired) electrons. The normalized spacial score (nSPS) is 17.5. The number of amides is 1. The van der Waals surface area contributed by atoms with E-state index in [9.17, 15) is 19.5 Å². The lowest BCUT2D eigenvalue weighted by Crippen LogP contribution is -2.32. The number of esters is 1. The number of likely N-dealkylation sites (tertiary alicyclic amines) is 1. The SMILES string of the molecule is CCOc1cccc(C(O)=C2C(=O)C(=O)N(CCOC)C2c2ccc(C(=O)OC)cc2)c1. The Balaban J connectivity index is 2.12. The lowest BCUT2D eigenvalue weighted by Gasteiger charge is -2.25. The first-order valence-corrected chi connectivity index (χ1v) is 10.1. The van der Waals surface area contributed by atoms with Crippen LogP contribution in [-0.4, -0.2) is 61.6 Å². The summed E-state index contributed by atoms with van der Waals surface area (Å²) in [6.45, 7) is 2.65. The molecule has 32 heavy (non-hydrogen) atoms. The maximum absolute atomic E-state index is 13.0. The molecule has 2 aromatic rings. The topological polar surface area (TPSA) is 102 Å². The van der Waals surface area contributed by atoms with Crippen molar-refractivity contribution in [3.8, 4) is 5.75 Å². The fraction of sp³-hybridized carbons (Fsp3) is 0.292. The van der Waals surface area contributed by atoms with E-state index in [0.717, 1.165) is 0 Å². The predicted molar refractivity (Wildman–Crippen MR) is 116 cm³/mol. The number of rotatable bonds is 8. The molecule has 2 aromatic carbocycles. The second-order valence-electron chi connectivity index (χ2n) is 7.06. The van der Waals surface area contributed by atoms with Gasteiger partial charge in [0.1, 0.15) is 11.5 Å². The monoisotopic (exact) mass is 439 g/mol. The molecule has 1 heterocycles. The highest BCUT2D eigenvalue weighted by Gasteiger charge is 2.45. The van der Waals surface area contributed by atoms with E-state index in [1.54, 1.807) is 48.5 Å². The third-order valence-electron chi connectivity index (χ3n) is 5.14. The number of ketones is 1. The summed E-state index contributed by atoms with van der Waals surface area (Å²) >= 11 is 0. The van der Waals surface area contributed by atoms with E-state index in [2.05, 4.69) is 0 Å². The number of ether oxygens (including phenoxy) is 3. The number of hydrogen-bond acceptors (Lipinski definition) is 7. The van der Waals surface area contributed by atoms with Crippen LogP contribution >= 0.6 is 0 Å². The molecule has 1 atom stereocenters. The van der Waals surface area contributed by atoms with Crippen molar-refractivity contribution in [3.63, 3.8) is 0 Å². The van der Waals surface area contributed by atoms with Crippen molar-refractivity contribution in [2.45, 2.75) is 13.0 Å². The average molecular weight is 439 g/mol. The van der Waals surface area contributed by atoms with Crippen LogP contribution in [0.25, 0.3) is 5.76 Å².